The van der Waals surface area contributed by atoms with Crippen LogP contribution >= 0.6 is 0 Å². The standard InChI is InChI=1S/C23H26N4O6/c1-30-22(29)17-4-2-16(3-5-17)21(28)26-23(24-8-9-27-10-12-31-13-11-27)25-18-6-7-19-20(14-18)33-15-32-19/h2-7,14H,8-13,15H2,1H3,(H2,24,25,26,28). The smallest absolute Gasteiger partial charge is 0.337 e. The van der Waals surface area contributed by atoms with Gasteiger partial charge in [0, 0.05) is 37.0 Å². The zero-order chi connectivity index (χ0) is 23.0. The number of ether oxygens (including phenoxy) is 4. The van der Waals surface area contributed by atoms with E-state index < -0.39 is 5.97 Å². The molecule has 0 spiro atoms. The van der Waals surface area contributed by atoms with Gasteiger partial charge in [0.25, 0.3) is 5.91 Å². The van der Waals surface area contributed by atoms with Gasteiger partial charge in [-0.15, -0.1) is 0 Å². The Kier molecular flexibility index (Phi) is 7.38. The van der Waals surface area contributed by atoms with Crippen LogP contribution in [0, 0.1) is 0 Å². The number of nitrogens with one attached hydrogen (secondary N) is 2. The number of hydrogen-bond acceptors (Lipinski definition) is 8. The monoisotopic (exact) mass is 454 g/mol. The zero-order valence-electron chi connectivity index (χ0n) is 18.3. The number of anilines is 1. The van der Waals surface area contributed by atoms with E-state index in [-0.39, 0.29) is 12.7 Å². The third-order valence-electron chi connectivity index (χ3n) is 5.23. The topological polar surface area (TPSA) is 111 Å². The average molecular weight is 454 g/mol. The predicted molar refractivity (Wildman–Crippen MR) is 121 cm³/mol. The van der Waals surface area contributed by atoms with Gasteiger partial charge >= 0.3 is 5.97 Å². The number of benzene rings is 2. The van der Waals surface area contributed by atoms with Crippen LogP contribution in [0.3, 0.4) is 0 Å². The minimum atomic E-state index is -0.461. The first-order valence-corrected chi connectivity index (χ1v) is 10.6. The van der Waals surface area contributed by atoms with E-state index in [0.29, 0.717) is 54.0 Å². The molecule has 2 heterocycles. The molecule has 1 saturated heterocycles. The Labute approximate surface area is 191 Å². The number of esters is 1. The van der Waals surface area contributed by atoms with Crippen molar-refractivity contribution in [1.82, 2.24) is 10.2 Å². The van der Waals surface area contributed by atoms with Gasteiger partial charge in [0.2, 0.25) is 12.8 Å². The molecule has 2 aromatic carbocycles. The number of carbonyl (C=O) groups excluding carboxylic acids is 2. The number of amides is 1. The first-order valence-electron chi connectivity index (χ1n) is 10.6. The summed E-state index contributed by atoms with van der Waals surface area (Å²) in [6, 6.07) is 11.6. The fraction of sp³-hybridized carbons (Fsp3) is 0.348. The van der Waals surface area contributed by atoms with Crippen LogP contribution in [0.4, 0.5) is 5.69 Å². The average Bonchev–Trinajstić information content (AvgIpc) is 3.32. The van der Waals surface area contributed by atoms with Crippen LogP contribution in [0.15, 0.2) is 47.5 Å². The van der Waals surface area contributed by atoms with Gasteiger partial charge in [0.05, 0.1) is 32.4 Å². The molecule has 10 nitrogen and oxygen atoms in total. The van der Waals surface area contributed by atoms with E-state index in [0.717, 1.165) is 19.6 Å². The van der Waals surface area contributed by atoms with E-state index >= 15 is 0 Å². The molecule has 0 aliphatic carbocycles. The minimum absolute atomic E-state index is 0.178. The lowest BCUT2D eigenvalue weighted by Gasteiger charge is -2.25. The molecule has 2 aromatic rings. The molecule has 0 saturated carbocycles. The number of carbonyl (C=O) groups is 2. The van der Waals surface area contributed by atoms with Crippen LogP contribution in [0.25, 0.3) is 0 Å². The fourth-order valence-electron chi connectivity index (χ4n) is 3.40. The maximum atomic E-state index is 12.8. The Morgan fingerprint density at radius 3 is 2.52 bits per heavy atom. The summed E-state index contributed by atoms with van der Waals surface area (Å²) in [6.07, 6.45) is 0. The molecule has 0 aromatic heterocycles. The molecule has 1 amide bonds. The lowest BCUT2D eigenvalue weighted by Crippen LogP contribution is -2.39. The van der Waals surface area contributed by atoms with Crippen molar-refractivity contribution in [2.45, 2.75) is 0 Å². The van der Waals surface area contributed by atoms with E-state index in [1.54, 1.807) is 36.4 Å². The van der Waals surface area contributed by atoms with Gasteiger partial charge in [0.1, 0.15) is 0 Å². The summed E-state index contributed by atoms with van der Waals surface area (Å²) in [5, 5.41) is 5.97. The highest BCUT2D eigenvalue weighted by atomic mass is 16.7. The highest BCUT2D eigenvalue weighted by Gasteiger charge is 2.16. The van der Waals surface area contributed by atoms with Gasteiger partial charge < -0.3 is 24.3 Å². The molecule has 0 atom stereocenters. The number of nitrogens with zero attached hydrogens (tertiary/aromatic N) is 2. The fourth-order valence-corrected chi connectivity index (χ4v) is 3.40. The summed E-state index contributed by atoms with van der Waals surface area (Å²) in [7, 11) is 1.31. The highest BCUT2D eigenvalue weighted by molar-refractivity contribution is 6.10. The second-order valence-corrected chi connectivity index (χ2v) is 7.40. The van der Waals surface area contributed by atoms with Crippen molar-refractivity contribution in [1.29, 1.82) is 0 Å². The largest absolute Gasteiger partial charge is 0.465 e. The van der Waals surface area contributed by atoms with E-state index in [2.05, 4.69) is 20.5 Å². The van der Waals surface area contributed by atoms with Crippen LogP contribution in [0.2, 0.25) is 0 Å². The first-order chi connectivity index (χ1) is 16.1. The van der Waals surface area contributed by atoms with Gasteiger partial charge in [0.15, 0.2) is 11.5 Å². The Balaban J connectivity index is 1.45. The van der Waals surface area contributed by atoms with Crippen LogP contribution in [0.5, 0.6) is 11.5 Å². The first kappa shape index (κ1) is 22.6. The third-order valence-corrected chi connectivity index (χ3v) is 5.23. The van der Waals surface area contributed by atoms with Crippen LogP contribution in [-0.4, -0.2) is 76.0 Å². The quantitative estimate of drug-likeness (QED) is 0.386. The molecule has 33 heavy (non-hydrogen) atoms. The Hall–Kier alpha value is -3.63. The summed E-state index contributed by atoms with van der Waals surface area (Å²) in [4.78, 5) is 31.3. The van der Waals surface area contributed by atoms with Gasteiger partial charge in [-0.2, -0.15) is 0 Å². The highest BCUT2D eigenvalue weighted by Crippen LogP contribution is 2.34. The van der Waals surface area contributed by atoms with Crippen molar-refractivity contribution in [2.75, 3.05) is 58.6 Å². The third kappa shape index (κ3) is 5.99. The van der Waals surface area contributed by atoms with Gasteiger partial charge in [-0.3, -0.25) is 20.0 Å². The van der Waals surface area contributed by atoms with E-state index in [9.17, 15) is 9.59 Å². The molecule has 0 unspecified atom stereocenters. The Bertz CT molecular complexity index is 1020. The predicted octanol–water partition coefficient (Wildman–Crippen LogP) is 1.73. The number of aliphatic imine (C=N–C) groups is 1. The number of methoxy groups -OCH3 is 1. The normalized spacial score (nSPS) is 15.7. The van der Waals surface area contributed by atoms with Crippen molar-refractivity contribution in [2.24, 2.45) is 4.99 Å². The number of rotatable bonds is 6. The molecule has 10 heteroatoms. The molecule has 2 aliphatic rings. The second kappa shape index (κ2) is 10.8. The lowest BCUT2D eigenvalue weighted by molar-refractivity contribution is 0.0394. The molecule has 4 rings (SSSR count). The summed E-state index contributed by atoms with van der Waals surface area (Å²) in [6.45, 7) is 4.57. The van der Waals surface area contributed by atoms with Crippen LogP contribution in [-0.2, 0) is 9.47 Å². The Morgan fingerprint density at radius 2 is 1.76 bits per heavy atom. The molecular formula is C23H26N4O6. The van der Waals surface area contributed by atoms with E-state index in [4.69, 9.17) is 18.9 Å². The number of hydrogen-bond donors (Lipinski definition) is 2. The summed E-state index contributed by atoms with van der Waals surface area (Å²) in [5.41, 5.74) is 1.45. The van der Waals surface area contributed by atoms with Crippen LogP contribution in [0.1, 0.15) is 20.7 Å². The summed E-state index contributed by atoms with van der Waals surface area (Å²) >= 11 is 0. The van der Waals surface area contributed by atoms with Crippen molar-refractivity contribution in [3.8, 4) is 11.5 Å². The number of morpholine rings is 1. The molecule has 2 aliphatic heterocycles. The van der Waals surface area contributed by atoms with Gasteiger partial charge in [-0.25, -0.2) is 4.79 Å². The molecule has 2 N–H and O–H groups in total. The van der Waals surface area contributed by atoms with Gasteiger partial charge in [-0.1, -0.05) is 0 Å². The van der Waals surface area contributed by atoms with E-state index in [1.165, 1.54) is 7.11 Å². The van der Waals surface area contributed by atoms with Crippen molar-refractivity contribution < 1.29 is 28.5 Å². The van der Waals surface area contributed by atoms with Crippen molar-refractivity contribution >= 4 is 23.5 Å². The number of fused-ring (bicyclic) bond motifs is 1. The maximum absolute atomic E-state index is 12.8. The zero-order valence-corrected chi connectivity index (χ0v) is 18.3. The summed E-state index contributed by atoms with van der Waals surface area (Å²) in [5.74, 6) is 0.782. The number of guanidine groups is 1. The molecule has 0 bridgehead atoms. The van der Waals surface area contributed by atoms with Crippen molar-refractivity contribution in [3.63, 3.8) is 0 Å². The molecule has 174 valence electrons. The van der Waals surface area contributed by atoms with Crippen LogP contribution < -0.4 is 20.1 Å². The van der Waals surface area contributed by atoms with E-state index in [1.807, 2.05) is 6.07 Å². The lowest BCUT2D eigenvalue weighted by atomic mass is 10.1. The molecular weight excluding hydrogens is 428 g/mol. The SMILES string of the molecule is COC(=O)c1ccc(C(=O)NC(=NCCN2CCOCC2)Nc2ccc3c(c2)OCO3)cc1. The molecule has 0 radical (unpaired) electrons. The van der Waals surface area contributed by atoms with Gasteiger partial charge in [-0.05, 0) is 36.4 Å². The second-order valence-electron chi connectivity index (χ2n) is 7.40. The summed E-state index contributed by atoms with van der Waals surface area (Å²) < 4.78 is 20.8. The Morgan fingerprint density at radius 1 is 1.03 bits per heavy atom. The van der Waals surface area contributed by atoms with Crippen molar-refractivity contribution in [3.05, 3.63) is 53.6 Å². The minimum Gasteiger partial charge on any atom is -0.465 e. The molecule has 1 fully saturated rings. The maximum Gasteiger partial charge on any atom is 0.337 e.